The molecule has 3 rings (SSSR count). The Bertz CT molecular complexity index is 968. The highest BCUT2D eigenvalue weighted by Crippen LogP contribution is 2.31. The topological polar surface area (TPSA) is 110 Å². The summed E-state index contributed by atoms with van der Waals surface area (Å²) < 4.78 is 27.1. The van der Waals surface area contributed by atoms with Gasteiger partial charge in [0.05, 0.1) is 9.26 Å². The fourth-order valence-electron chi connectivity index (χ4n) is 2.86. The Morgan fingerprint density at radius 1 is 1.26 bits per heavy atom. The number of nitro groups is 1. The van der Waals surface area contributed by atoms with E-state index < -0.39 is 14.9 Å². The number of non-ortho nitro benzene ring substituents is 1. The van der Waals surface area contributed by atoms with Crippen LogP contribution in [0.15, 0.2) is 40.6 Å². The number of rotatable bonds is 5. The highest BCUT2D eigenvalue weighted by atomic mass is 35.5. The normalized spacial score (nSPS) is 16.2. The summed E-state index contributed by atoms with van der Waals surface area (Å²) >= 11 is 6.82. The lowest BCUT2D eigenvalue weighted by Gasteiger charge is -2.30. The Labute approximate surface area is 165 Å². The Hall–Kier alpha value is -2.01. The van der Waals surface area contributed by atoms with Gasteiger partial charge < -0.3 is 5.32 Å². The lowest BCUT2D eigenvalue weighted by atomic mass is 9.97. The summed E-state index contributed by atoms with van der Waals surface area (Å²) in [5.74, 6) is -0.630. The van der Waals surface area contributed by atoms with E-state index in [4.69, 9.17) is 11.6 Å². The molecule has 0 bridgehead atoms. The van der Waals surface area contributed by atoms with Gasteiger partial charge in [-0.2, -0.15) is 4.31 Å². The average molecular weight is 430 g/mol. The molecule has 0 atom stereocenters. The third kappa shape index (κ3) is 4.46. The van der Waals surface area contributed by atoms with Gasteiger partial charge in [0, 0.05) is 36.8 Å². The zero-order valence-electron chi connectivity index (χ0n) is 14.0. The van der Waals surface area contributed by atoms with Crippen molar-refractivity contribution in [3.8, 4) is 0 Å². The molecule has 8 nitrogen and oxygen atoms in total. The summed E-state index contributed by atoms with van der Waals surface area (Å²) in [5, 5.41) is 13.5. The van der Waals surface area contributed by atoms with Crippen LogP contribution in [0.5, 0.6) is 0 Å². The minimum Gasteiger partial charge on any atom is -0.326 e. The minimum absolute atomic E-state index is 0.108. The standard InChI is InChI=1S/C16H16ClN3O5S2/c17-14-4-5-15(26-14)27(24,25)19-8-6-11(7-9-19)16(21)18-12-2-1-3-13(10-12)20(22)23/h1-5,10-11H,6-9H2,(H,18,21). The van der Waals surface area contributed by atoms with Crippen molar-refractivity contribution in [1.29, 1.82) is 0 Å². The van der Waals surface area contributed by atoms with Crippen molar-refractivity contribution in [2.24, 2.45) is 5.92 Å². The summed E-state index contributed by atoms with van der Waals surface area (Å²) in [7, 11) is -3.60. The number of carbonyl (C=O) groups is 1. The number of hydrogen-bond acceptors (Lipinski definition) is 6. The first kappa shape index (κ1) is 19.7. The molecule has 1 fully saturated rings. The van der Waals surface area contributed by atoms with Crippen LogP contribution in [0, 0.1) is 16.0 Å². The van der Waals surface area contributed by atoms with E-state index in [-0.39, 0.29) is 34.8 Å². The van der Waals surface area contributed by atoms with Crippen LogP contribution in [0.3, 0.4) is 0 Å². The molecule has 0 saturated carbocycles. The minimum atomic E-state index is -3.60. The Kier molecular flexibility index (Phi) is 5.80. The fourth-order valence-corrected chi connectivity index (χ4v) is 5.97. The van der Waals surface area contributed by atoms with Crippen molar-refractivity contribution in [1.82, 2.24) is 4.31 Å². The van der Waals surface area contributed by atoms with Gasteiger partial charge in [-0.25, -0.2) is 8.42 Å². The molecule has 11 heteroatoms. The van der Waals surface area contributed by atoms with Crippen LogP contribution in [-0.2, 0) is 14.8 Å². The summed E-state index contributed by atoms with van der Waals surface area (Å²) in [6.45, 7) is 0.454. The van der Waals surface area contributed by atoms with Gasteiger partial charge in [0.2, 0.25) is 5.91 Å². The predicted molar refractivity (Wildman–Crippen MR) is 103 cm³/mol. The first-order valence-corrected chi connectivity index (χ1v) is 10.7. The molecule has 27 heavy (non-hydrogen) atoms. The lowest BCUT2D eigenvalue weighted by molar-refractivity contribution is -0.384. The molecule has 0 aliphatic carbocycles. The molecule has 1 amide bonds. The maximum atomic E-state index is 12.6. The van der Waals surface area contributed by atoms with Crippen molar-refractivity contribution in [2.45, 2.75) is 17.1 Å². The van der Waals surface area contributed by atoms with Crippen LogP contribution < -0.4 is 5.32 Å². The van der Waals surface area contributed by atoms with Crippen molar-refractivity contribution < 1.29 is 18.1 Å². The molecule has 1 N–H and O–H groups in total. The molecule has 2 aromatic rings. The maximum absolute atomic E-state index is 12.6. The van der Waals surface area contributed by atoms with Gasteiger partial charge >= 0.3 is 0 Å². The van der Waals surface area contributed by atoms with Gasteiger partial charge in [-0.05, 0) is 31.0 Å². The van der Waals surface area contributed by atoms with Crippen LogP contribution >= 0.6 is 22.9 Å². The number of piperidine rings is 1. The summed E-state index contributed by atoms with van der Waals surface area (Å²) in [4.78, 5) is 22.7. The molecule has 2 heterocycles. The molecule has 1 aromatic heterocycles. The largest absolute Gasteiger partial charge is 0.326 e. The van der Waals surface area contributed by atoms with E-state index in [2.05, 4.69) is 5.32 Å². The highest BCUT2D eigenvalue weighted by molar-refractivity contribution is 7.91. The first-order chi connectivity index (χ1) is 12.8. The van der Waals surface area contributed by atoms with Crippen LogP contribution in [0.1, 0.15) is 12.8 Å². The summed E-state index contributed by atoms with van der Waals surface area (Å²) in [6.07, 6.45) is 0.748. The van der Waals surface area contributed by atoms with Gasteiger partial charge in [0.25, 0.3) is 15.7 Å². The molecule has 0 spiro atoms. The second-order valence-electron chi connectivity index (χ2n) is 6.03. The smallest absolute Gasteiger partial charge is 0.271 e. The number of amides is 1. The van der Waals surface area contributed by atoms with Crippen molar-refractivity contribution in [3.63, 3.8) is 0 Å². The molecule has 1 aliphatic rings. The Balaban J connectivity index is 1.61. The SMILES string of the molecule is O=C(Nc1cccc([N+](=O)[O-])c1)C1CCN(S(=O)(=O)c2ccc(Cl)s2)CC1. The van der Waals surface area contributed by atoms with Crippen LogP contribution in [0.4, 0.5) is 11.4 Å². The van der Waals surface area contributed by atoms with E-state index >= 15 is 0 Å². The third-order valence-corrected chi connectivity index (χ3v) is 7.89. The number of nitro benzene ring substituents is 1. The number of halogens is 1. The van der Waals surface area contributed by atoms with E-state index in [1.807, 2.05) is 0 Å². The molecule has 1 saturated heterocycles. The molecule has 0 radical (unpaired) electrons. The van der Waals surface area contributed by atoms with Crippen LogP contribution in [0.2, 0.25) is 4.34 Å². The van der Waals surface area contributed by atoms with E-state index in [1.54, 1.807) is 12.1 Å². The van der Waals surface area contributed by atoms with E-state index in [0.717, 1.165) is 11.3 Å². The second kappa shape index (κ2) is 7.93. The average Bonchev–Trinajstić information content (AvgIpc) is 3.09. The number of sulfonamides is 1. The number of carbonyl (C=O) groups excluding carboxylic acids is 1. The summed E-state index contributed by atoms with van der Waals surface area (Å²) in [5.41, 5.74) is 0.237. The monoisotopic (exact) mass is 429 g/mol. The van der Waals surface area contributed by atoms with Crippen LogP contribution in [-0.4, -0.2) is 36.6 Å². The quantitative estimate of drug-likeness (QED) is 0.578. The summed E-state index contributed by atoms with van der Waals surface area (Å²) in [6, 6.07) is 8.72. The number of hydrogen-bond donors (Lipinski definition) is 1. The maximum Gasteiger partial charge on any atom is 0.271 e. The molecule has 144 valence electrons. The number of thiophene rings is 1. The van der Waals surface area contributed by atoms with Gasteiger partial charge in [-0.1, -0.05) is 17.7 Å². The van der Waals surface area contributed by atoms with E-state index in [9.17, 15) is 23.3 Å². The van der Waals surface area contributed by atoms with Crippen molar-refractivity contribution in [2.75, 3.05) is 18.4 Å². The van der Waals surface area contributed by atoms with E-state index in [0.29, 0.717) is 22.9 Å². The molecule has 1 aromatic carbocycles. The lowest BCUT2D eigenvalue weighted by Crippen LogP contribution is -2.41. The van der Waals surface area contributed by atoms with Gasteiger partial charge in [-0.3, -0.25) is 14.9 Å². The third-order valence-electron chi connectivity index (χ3n) is 4.29. The van der Waals surface area contributed by atoms with E-state index in [1.165, 1.54) is 28.6 Å². The number of nitrogens with zero attached hydrogens (tertiary/aromatic N) is 2. The number of nitrogens with one attached hydrogen (secondary N) is 1. The van der Waals surface area contributed by atoms with Gasteiger partial charge in [-0.15, -0.1) is 11.3 Å². The number of benzene rings is 1. The Morgan fingerprint density at radius 2 is 1.96 bits per heavy atom. The molecule has 0 unspecified atom stereocenters. The zero-order valence-corrected chi connectivity index (χ0v) is 16.4. The Morgan fingerprint density at radius 3 is 2.56 bits per heavy atom. The molecular weight excluding hydrogens is 414 g/mol. The number of anilines is 1. The predicted octanol–water partition coefficient (Wildman–Crippen LogP) is 3.35. The molecule has 1 aliphatic heterocycles. The van der Waals surface area contributed by atoms with Gasteiger partial charge in [0.1, 0.15) is 4.21 Å². The molecular formula is C16H16ClN3O5S2. The highest BCUT2D eigenvalue weighted by Gasteiger charge is 2.33. The van der Waals surface area contributed by atoms with Gasteiger partial charge in [0.15, 0.2) is 0 Å². The fraction of sp³-hybridized carbons (Fsp3) is 0.312. The first-order valence-electron chi connectivity index (χ1n) is 8.08. The second-order valence-corrected chi connectivity index (χ2v) is 9.91. The van der Waals surface area contributed by atoms with Crippen LogP contribution in [0.25, 0.3) is 0 Å². The van der Waals surface area contributed by atoms with Crippen molar-refractivity contribution >= 4 is 50.2 Å². The zero-order chi connectivity index (χ0) is 19.6. The van der Waals surface area contributed by atoms with Crippen molar-refractivity contribution in [3.05, 3.63) is 50.8 Å².